The van der Waals surface area contributed by atoms with Crippen molar-refractivity contribution in [1.29, 1.82) is 0 Å². The number of aromatic nitrogens is 2. The number of carbonyl (C=O) groups excluding carboxylic acids is 1. The van der Waals surface area contributed by atoms with Crippen LogP contribution in [0.25, 0.3) is 0 Å². The van der Waals surface area contributed by atoms with Crippen LogP contribution >= 0.6 is 27.3 Å². The van der Waals surface area contributed by atoms with E-state index in [1.54, 1.807) is 29.8 Å². The average Bonchev–Trinajstić information content (AvgIpc) is 2.65. The van der Waals surface area contributed by atoms with Crippen LogP contribution < -0.4 is 5.32 Å². The van der Waals surface area contributed by atoms with Gasteiger partial charge in [0, 0.05) is 17.3 Å². The molecule has 1 N–H and O–H groups in total. The molecule has 0 fully saturated rings. The number of halogens is 1. The molecule has 0 spiro atoms. The smallest absolute Gasteiger partial charge is 0.231 e. The van der Waals surface area contributed by atoms with Gasteiger partial charge < -0.3 is 0 Å². The van der Waals surface area contributed by atoms with Crippen molar-refractivity contribution >= 4 is 39.1 Å². The van der Waals surface area contributed by atoms with Crippen molar-refractivity contribution in [2.75, 3.05) is 5.32 Å². The third kappa shape index (κ3) is 3.11. The van der Waals surface area contributed by atoms with Gasteiger partial charge in [-0.2, -0.15) is 0 Å². The predicted molar refractivity (Wildman–Crippen MR) is 66.4 cm³/mol. The Morgan fingerprint density at radius 2 is 2.12 bits per heavy atom. The van der Waals surface area contributed by atoms with Crippen molar-refractivity contribution in [2.45, 2.75) is 6.42 Å². The van der Waals surface area contributed by atoms with Gasteiger partial charge in [-0.05, 0) is 34.1 Å². The summed E-state index contributed by atoms with van der Waals surface area (Å²) in [7, 11) is 0. The van der Waals surface area contributed by atoms with Crippen LogP contribution in [0.5, 0.6) is 0 Å². The van der Waals surface area contributed by atoms with E-state index in [0.717, 1.165) is 8.66 Å². The van der Waals surface area contributed by atoms with Crippen molar-refractivity contribution in [2.24, 2.45) is 0 Å². The van der Waals surface area contributed by atoms with Crippen LogP contribution in [0.3, 0.4) is 0 Å². The zero-order valence-electron chi connectivity index (χ0n) is 8.18. The third-order valence-electron chi connectivity index (χ3n) is 1.78. The first-order valence-corrected chi connectivity index (χ1v) is 6.16. The van der Waals surface area contributed by atoms with Gasteiger partial charge in [0.2, 0.25) is 11.9 Å². The maximum Gasteiger partial charge on any atom is 0.231 e. The van der Waals surface area contributed by atoms with E-state index in [1.165, 1.54) is 0 Å². The molecule has 0 unspecified atom stereocenters. The molecule has 4 nitrogen and oxygen atoms in total. The molecule has 0 bridgehead atoms. The van der Waals surface area contributed by atoms with Crippen LogP contribution in [0.15, 0.2) is 34.4 Å². The van der Waals surface area contributed by atoms with Gasteiger partial charge in [0.05, 0.1) is 10.2 Å². The van der Waals surface area contributed by atoms with Crippen LogP contribution in [0.2, 0.25) is 0 Å². The number of nitrogens with zero attached hydrogens (tertiary/aromatic N) is 2. The lowest BCUT2D eigenvalue weighted by Crippen LogP contribution is -2.15. The Hall–Kier alpha value is -1.27. The maximum absolute atomic E-state index is 11.6. The van der Waals surface area contributed by atoms with E-state index >= 15 is 0 Å². The molecular formula is C10H8BrN3OS. The van der Waals surface area contributed by atoms with Gasteiger partial charge in [0.15, 0.2) is 0 Å². The molecule has 6 heteroatoms. The lowest BCUT2D eigenvalue weighted by molar-refractivity contribution is -0.115. The molecule has 2 rings (SSSR count). The monoisotopic (exact) mass is 297 g/mol. The molecule has 0 saturated heterocycles. The number of hydrogen-bond acceptors (Lipinski definition) is 4. The number of amides is 1. The van der Waals surface area contributed by atoms with Gasteiger partial charge in [0.25, 0.3) is 0 Å². The highest BCUT2D eigenvalue weighted by Gasteiger charge is 2.06. The number of carbonyl (C=O) groups is 1. The van der Waals surface area contributed by atoms with Gasteiger partial charge >= 0.3 is 0 Å². The van der Waals surface area contributed by atoms with E-state index in [-0.39, 0.29) is 5.91 Å². The van der Waals surface area contributed by atoms with Gasteiger partial charge in [0.1, 0.15) is 0 Å². The molecule has 0 atom stereocenters. The zero-order valence-corrected chi connectivity index (χ0v) is 10.6. The fourth-order valence-corrected chi connectivity index (χ4v) is 2.62. The molecule has 2 aromatic rings. The molecule has 16 heavy (non-hydrogen) atoms. The van der Waals surface area contributed by atoms with E-state index in [4.69, 9.17) is 0 Å². The number of thiophene rings is 1. The average molecular weight is 298 g/mol. The summed E-state index contributed by atoms with van der Waals surface area (Å²) in [5, 5.41) is 2.63. The Bertz CT molecular complexity index is 486. The molecule has 0 aliphatic carbocycles. The minimum Gasteiger partial charge on any atom is -0.294 e. The van der Waals surface area contributed by atoms with Crippen LogP contribution in [0.1, 0.15) is 4.88 Å². The van der Waals surface area contributed by atoms with Gasteiger partial charge in [-0.1, -0.05) is 0 Å². The first kappa shape index (κ1) is 11.2. The van der Waals surface area contributed by atoms with E-state index < -0.39 is 0 Å². The maximum atomic E-state index is 11.6. The third-order valence-corrected chi connectivity index (χ3v) is 3.40. The first-order chi connectivity index (χ1) is 7.74. The summed E-state index contributed by atoms with van der Waals surface area (Å²) in [6, 6.07) is 5.54. The van der Waals surface area contributed by atoms with Crippen molar-refractivity contribution in [3.8, 4) is 0 Å². The van der Waals surface area contributed by atoms with Gasteiger partial charge in [-0.3, -0.25) is 10.1 Å². The molecular weight excluding hydrogens is 290 g/mol. The number of rotatable bonds is 3. The molecule has 1 amide bonds. The summed E-state index contributed by atoms with van der Waals surface area (Å²) < 4.78 is 1.02. The Morgan fingerprint density at radius 3 is 2.75 bits per heavy atom. The summed E-state index contributed by atoms with van der Waals surface area (Å²) in [6.07, 6.45) is 3.52. The second-order valence-corrected chi connectivity index (χ2v) is 5.55. The SMILES string of the molecule is O=C(Cc1ccc(Br)s1)Nc1ncccn1. The lowest BCUT2D eigenvalue weighted by Gasteiger charge is -2.00. The van der Waals surface area contributed by atoms with Crippen LogP contribution in [0, 0.1) is 0 Å². The first-order valence-electron chi connectivity index (χ1n) is 4.55. The fourth-order valence-electron chi connectivity index (χ4n) is 1.14. The lowest BCUT2D eigenvalue weighted by atomic mass is 10.3. The molecule has 0 aliphatic rings. The second-order valence-electron chi connectivity index (χ2n) is 3.00. The topological polar surface area (TPSA) is 54.9 Å². The Balaban J connectivity index is 1.95. The largest absolute Gasteiger partial charge is 0.294 e. The summed E-state index contributed by atoms with van der Waals surface area (Å²) >= 11 is 4.89. The van der Waals surface area contributed by atoms with Crippen LogP contribution in [0.4, 0.5) is 5.95 Å². The number of hydrogen-bond donors (Lipinski definition) is 1. The van der Waals surface area contributed by atoms with E-state index in [9.17, 15) is 4.79 Å². The zero-order chi connectivity index (χ0) is 11.4. The molecule has 82 valence electrons. The molecule has 0 radical (unpaired) electrons. The second kappa shape index (κ2) is 5.18. The minimum absolute atomic E-state index is 0.111. The van der Waals surface area contributed by atoms with E-state index in [0.29, 0.717) is 12.4 Å². The Labute approximate surface area is 105 Å². The quantitative estimate of drug-likeness (QED) is 0.947. The number of nitrogens with one attached hydrogen (secondary N) is 1. The Kier molecular flexibility index (Phi) is 3.63. The summed E-state index contributed by atoms with van der Waals surface area (Å²) in [5.74, 6) is 0.226. The fraction of sp³-hybridized carbons (Fsp3) is 0.100. The van der Waals surface area contributed by atoms with Gasteiger partial charge in [-0.15, -0.1) is 11.3 Å². The predicted octanol–water partition coefficient (Wildman–Crippen LogP) is 2.48. The van der Waals surface area contributed by atoms with Crippen LogP contribution in [-0.2, 0) is 11.2 Å². The van der Waals surface area contributed by atoms with Crippen molar-refractivity contribution in [3.63, 3.8) is 0 Å². The molecule has 0 aliphatic heterocycles. The minimum atomic E-state index is -0.111. The summed E-state index contributed by atoms with van der Waals surface area (Å²) in [5.41, 5.74) is 0. The van der Waals surface area contributed by atoms with Crippen molar-refractivity contribution in [3.05, 3.63) is 39.3 Å². The highest BCUT2D eigenvalue weighted by molar-refractivity contribution is 9.11. The van der Waals surface area contributed by atoms with Gasteiger partial charge in [-0.25, -0.2) is 9.97 Å². The normalized spacial score (nSPS) is 10.1. The highest BCUT2D eigenvalue weighted by atomic mass is 79.9. The summed E-state index contributed by atoms with van der Waals surface area (Å²) in [4.78, 5) is 20.4. The Morgan fingerprint density at radius 1 is 1.38 bits per heavy atom. The van der Waals surface area contributed by atoms with Crippen molar-refractivity contribution in [1.82, 2.24) is 9.97 Å². The number of anilines is 1. The molecule has 2 aromatic heterocycles. The standard InChI is InChI=1S/C10H8BrN3OS/c11-8-3-2-7(16-8)6-9(15)14-10-12-4-1-5-13-10/h1-5H,6H2,(H,12,13,14,15). The van der Waals surface area contributed by atoms with Crippen molar-refractivity contribution < 1.29 is 4.79 Å². The molecule has 0 aromatic carbocycles. The van der Waals surface area contributed by atoms with E-state index in [1.807, 2.05) is 12.1 Å². The van der Waals surface area contributed by atoms with E-state index in [2.05, 4.69) is 31.2 Å². The van der Waals surface area contributed by atoms with Crippen LogP contribution in [-0.4, -0.2) is 15.9 Å². The highest BCUT2D eigenvalue weighted by Crippen LogP contribution is 2.22. The summed E-state index contributed by atoms with van der Waals surface area (Å²) in [6.45, 7) is 0. The molecule has 2 heterocycles. The molecule has 0 saturated carbocycles.